The number of nitrogens with zero attached hydrogens (tertiary/aromatic N) is 1. The van der Waals surface area contributed by atoms with Gasteiger partial charge in [-0.05, 0) is 18.6 Å². The van der Waals surface area contributed by atoms with Crippen LogP contribution in [0.15, 0.2) is 27.4 Å². The van der Waals surface area contributed by atoms with E-state index < -0.39 is 0 Å². The van der Waals surface area contributed by atoms with Crippen LogP contribution in [0, 0.1) is 0 Å². The Labute approximate surface area is 98.4 Å². The molecule has 2 aromatic rings. The molecule has 1 aromatic carbocycles. The molecule has 4 nitrogen and oxygen atoms in total. The fourth-order valence-electron chi connectivity index (χ4n) is 2.29. The molecule has 0 N–H and O–H groups in total. The maximum absolute atomic E-state index is 12.3. The van der Waals surface area contributed by atoms with Gasteiger partial charge in [-0.2, -0.15) is 0 Å². The average Bonchev–Trinajstić information content (AvgIpc) is 2.71. The maximum atomic E-state index is 12.3. The first kappa shape index (κ1) is 10.2. The Kier molecular flexibility index (Phi) is 2.11. The first-order valence-electron chi connectivity index (χ1n) is 5.56. The molecule has 1 aliphatic rings. The summed E-state index contributed by atoms with van der Waals surface area (Å²) >= 11 is 0. The Bertz CT molecular complexity index is 645. The van der Waals surface area contributed by atoms with E-state index in [-0.39, 0.29) is 5.43 Å². The number of hydrogen-bond donors (Lipinski definition) is 0. The summed E-state index contributed by atoms with van der Waals surface area (Å²) in [6.07, 6.45) is 0.751. The van der Waals surface area contributed by atoms with Crippen molar-refractivity contribution in [3.63, 3.8) is 0 Å². The molecule has 0 amide bonds. The molecule has 0 bridgehead atoms. The molecule has 0 aliphatic carbocycles. The lowest BCUT2D eigenvalue weighted by molar-refractivity contribution is 0.409. The van der Waals surface area contributed by atoms with E-state index in [0.717, 1.165) is 18.5 Å². The molecule has 4 heteroatoms. The number of likely N-dealkylation sites (N-methyl/N-ethyl adjacent to an activating group) is 1. The van der Waals surface area contributed by atoms with Crippen LogP contribution in [-0.2, 0) is 6.42 Å². The molecule has 0 fully saturated rings. The summed E-state index contributed by atoms with van der Waals surface area (Å²) in [5.41, 5.74) is 1.37. The number of rotatable bonds is 1. The van der Waals surface area contributed by atoms with Crippen LogP contribution in [0.1, 0.15) is 5.56 Å². The van der Waals surface area contributed by atoms with Crippen LogP contribution in [0.25, 0.3) is 11.0 Å². The van der Waals surface area contributed by atoms with Crippen molar-refractivity contribution in [3.8, 4) is 5.75 Å². The lowest BCUT2D eigenvalue weighted by Gasteiger charge is -2.11. The molecule has 0 unspecified atom stereocenters. The van der Waals surface area contributed by atoms with E-state index in [1.807, 2.05) is 18.0 Å². The van der Waals surface area contributed by atoms with Gasteiger partial charge in [0, 0.05) is 13.6 Å². The van der Waals surface area contributed by atoms with Gasteiger partial charge in [-0.15, -0.1) is 0 Å². The highest BCUT2D eigenvalue weighted by molar-refractivity contribution is 5.84. The number of methoxy groups -OCH3 is 1. The highest BCUT2D eigenvalue weighted by Gasteiger charge is 2.24. The number of hydrogen-bond acceptors (Lipinski definition) is 4. The Morgan fingerprint density at radius 3 is 3.00 bits per heavy atom. The van der Waals surface area contributed by atoms with E-state index in [2.05, 4.69) is 0 Å². The topological polar surface area (TPSA) is 42.7 Å². The molecule has 1 aromatic heterocycles. The van der Waals surface area contributed by atoms with Gasteiger partial charge in [-0.25, -0.2) is 0 Å². The van der Waals surface area contributed by atoms with Crippen LogP contribution in [0.5, 0.6) is 5.75 Å². The first-order valence-corrected chi connectivity index (χ1v) is 5.56. The van der Waals surface area contributed by atoms with Gasteiger partial charge in [-0.1, -0.05) is 6.07 Å². The highest BCUT2D eigenvalue weighted by Crippen LogP contribution is 2.31. The van der Waals surface area contributed by atoms with Crippen molar-refractivity contribution >= 4 is 16.9 Å². The summed E-state index contributed by atoms with van der Waals surface area (Å²) in [7, 11) is 3.50. The fraction of sp³-hybridized carbons (Fsp3) is 0.308. The van der Waals surface area contributed by atoms with Gasteiger partial charge >= 0.3 is 0 Å². The smallest absolute Gasteiger partial charge is 0.203 e. The van der Waals surface area contributed by atoms with Crippen molar-refractivity contribution in [3.05, 3.63) is 34.0 Å². The summed E-state index contributed by atoms with van der Waals surface area (Å²) in [5, 5.41) is 0.596. The number of fused-ring (bicyclic) bond motifs is 2. The molecule has 0 saturated carbocycles. The third-order valence-electron chi connectivity index (χ3n) is 3.22. The van der Waals surface area contributed by atoms with Gasteiger partial charge in [0.05, 0.1) is 18.1 Å². The van der Waals surface area contributed by atoms with Crippen LogP contribution in [0.3, 0.4) is 0 Å². The Hall–Kier alpha value is -1.97. The van der Waals surface area contributed by atoms with E-state index in [1.165, 1.54) is 0 Å². The van der Waals surface area contributed by atoms with Gasteiger partial charge in [0.1, 0.15) is 0 Å². The van der Waals surface area contributed by atoms with E-state index in [0.29, 0.717) is 22.6 Å². The summed E-state index contributed by atoms with van der Waals surface area (Å²) in [6, 6.07) is 5.39. The second-order valence-electron chi connectivity index (χ2n) is 4.22. The standard InChI is InChI=1S/C13H13NO3/c1-14-7-6-9-11(15)8-4-3-5-10(16-2)12(8)17-13(9)14/h3-5H,6-7H2,1-2H3. The second kappa shape index (κ2) is 3.52. The third-order valence-corrected chi connectivity index (χ3v) is 3.22. The van der Waals surface area contributed by atoms with E-state index >= 15 is 0 Å². The third kappa shape index (κ3) is 1.33. The number of ether oxygens (including phenoxy) is 1. The zero-order valence-corrected chi connectivity index (χ0v) is 9.82. The molecular formula is C13H13NO3. The van der Waals surface area contributed by atoms with Crippen molar-refractivity contribution in [2.45, 2.75) is 6.42 Å². The Morgan fingerprint density at radius 1 is 1.41 bits per heavy atom. The SMILES string of the molecule is COc1cccc2c(=O)c3c(oc12)N(C)CC3. The molecule has 0 saturated heterocycles. The number of para-hydroxylation sites is 1. The monoisotopic (exact) mass is 231 g/mol. The van der Waals surface area contributed by atoms with Crippen molar-refractivity contribution in [1.82, 2.24) is 0 Å². The van der Waals surface area contributed by atoms with Crippen LogP contribution in [0.2, 0.25) is 0 Å². The normalized spacial score (nSPS) is 14.1. The minimum atomic E-state index is 0.0597. The maximum Gasteiger partial charge on any atom is 0.203 e. The van der Waals surface area contributed by atoms with Gasteiger partial charge in [0.15, 0.2) is 16.8 Å². The second-order valence-corrected chi connectivity index (χ2v) is 4.22. The number of anilines is 1. The lowest BCUT2D eigenvalue weighted by atomic mass is 10.1. The Balaban J connectivity index is 2.44. The minimum Gasteiger partial charge on any atom is -0.493 e. The quantitative estimate of drug-likeness (QED) is 0.750. The summed E-state index contributed by atoms with van der Waals surface area (Å²) < 4.78 is 11.0. The van der Waals surface area contributed by atoms with Crippen LogP contribution in [0.4, 0.5) is 5.88 Å². The molecule has 2 heterocycles. The number of benzene rings is 1. The van der Waals surface area contributed by atoms with Crippen LogP contribution >= 0.6 is 0 Å². The van der Waals surface area contributed by atoms with Crippen LogP contribution in [-0.4, -0.2) is 20.7 Å². The van der Waals surface area contributed by atoms with Gasteiger partial charge in [-0.3, -0.25) is 4.79 Å². The van der Waals surface area contributed by atoms with Gasteiger partial charge < -0.3 is 14.1 Å². The predicted octanol–water partition coefficient (Wildman–Crippen LogP) is 1.79. The summed E-state index contributed by atoms with van der Waals surface area (Å²) in [6.45, 7) is 0.826. The Morgan fingerprint density at radius 2 is 2.24 bits per heavy atom. The van der Waals surface area contributed by atoms with Crippen molar-refractivity contribution < 1.29 is 9.15 Å². The van der Waals surface area contributed by atoms with Crippen molar-refractivity contribution in [1.29, 1.82) is 0 Å². The fourth-order valence-corrected chi connectivity index (χ4v) is 2.29. The largest absolute Gasteiger partial charge is 0.493 e. The molecule has 0 spiro atoms. The molecule has 0 radical (unpaired) electrons. The summed E-state index contributed by atoms with van der Waals surface area (Å²) in [4.78, 5) is 14.3. The molecular weight excluding hydrogens is 218 g/mol. The molecule has 0 atom stereocenters. The lowest BCUT2D eigenvalue weighted by Crippen LogP contribution is -2.13. The molecule has 17 heavy (non-hydrogen) atoms. The van der Waals surface area contributed by atoms with Crippen molar-refractivity contribution in [2.75, 3.05) is 25.6 Å². The highest BCUT2D eigenvalue weighted by atomic mass is 16.5. The van der Waals surface area contributed by atoms with Gasteiger partial charge in [0.2, 0.25) is 5.88 Å². The zero-order chi connectivity index (χ0) is 12.0. The minimum absolute atomic E-state index is 0.0597. The molecule has 88 valence electrons. The average molecular weight is 231 g/mol. The van der Waals surface area contributed by atoms with Gasteiger partial charge in [0.25, 0.3) is 0 Å². The van der Waals surface area contributed by atoms with E-state index in [4.69, 9.17) is 9.15 Å². The summed E-state index contributed by atoms with van der Waals surface area (Å²) in [5.74, 6) is 1.27. The van der Waals surface area contributed by atoms with Crippen LogP contribution < -0.4 is 15.1 Å². The van der Waals surface area contributed by atoms with Crippen molar-refractivity contribution in [2.24, 2.45) is 0 Å². The molecule has 1 aliphatic heterocycles. The predicted molar refractivity (Wildman–Crippen MR) is 66.0 cm³/mol. The van der Waals surface area contributed by atoms with E-state index in [9.17, 15) is 4.79 Å². The first-order chi connectivity index (χ1) is 8.22. The molecule has 3 rings (SSSR count). The zero-order valence-electron chi connectivity index (χ0n) is 9.82. The van der Waals surface area contributed by atoms with E-state index in [1.54, 1.807) is 19.2 Å².